The zero-order valence-electron chi connectivity index (χ0n) is 12.4. The van der Waals surface area contributed by atoms with Gasteiger partial charge in [0.25, 0.3) is 0 Å². The molecule has 0 saturated carbocycles. The Labute approximate surface area is 123 Å². The predicted octanol–water partition coefficient (Wildman–Crippen LogP) is 2.13. The van der Waals surface area contributed by atoms with Crippen molar-refractivity contribution in [3.63, 3.8) is 0 Å². The molecule has 0 aliphatic carbocycles. The van der Waals surface area contributed by atoms with E-state index < -0.39 is 12.2 Å². The van der Waals surface area contributed by atoms with Crippen molar-refractivity contribution in [1.82, 2.24) is 15.1 Å². The minimum absolute atomic E-state index is 0.0947. The number of alkyl halides is 3. The van der Waals surface area contributed by atoms with Crippen molar-refractivity contribution < 1.29 is 13.2 Å². The minimum atomic E-state index is -4.29. The first-order valence-corrected chi connectivity index (χ1v) is 7.12. The standard InChI is InChI=1S/C15H22F3N3/c1-20-8-9-21(2)13(11-20)10-19-14(15(16,17)18)12-6-4-3-5-7-12/h3-7,13-14,19H,8-11H2,1-2H3. The van der Waals surface area contributed by atoms with Crippen LogP contribution in [0.4, 0.5) is 13.2 Å². The zero-order valence-corrected chi connectivity index (χ0v) is 12.4. The number of rotatable bonds is 4. The summed E-state index contributed by atoms with van der Waals surface area (Å²) in [6.45, 7) is 2.93. The summed E-state index contributed by atoms with van der Waals surface area (Å²) in [5, 5.41) is 2.70. The number of benzene rings is 1. The van der Waals surface area contributed by atoms with E-state index >= 15 is 0 Å². The Morgan fingerprint density at radius 1 is 1.19 bits per heavy atom. The Bertz CT molecular complexity index is 436. The second kappa shape index (κ2) is 6.77. The van der Waals surface area contributed by atoms with Gasteiger partial charge in [0.2, 0.25) is 0 Å². The number of hydrogen-bond donors (Lipinski definition) is 1. The highest BCUT2D eigenvalue weighted by atomic mass is 19.4. The fourth-order valence-corrected chi connectivity index (χ4v) is 2.64. The van der Waals surface area contributed by atoms with Crippen LogP contribution in [0, 0.1) is 0 Å². The van der Waals surface area contributed by atoms with Gasteiger partial charge in [-0.3, -0.25) is 4.90 Å². The number of nitrogens with one attached hydrogen (secondary N) is 1. The molecule has 1 aromatic carbocycles. The quantitative estimate of drug-likeness (QED) is 0.919. The van der Waals surface area contributed by atoms with E-state index in [0.717, 1.165) is 19.6 Å². The summed E-state index contributed by atoms with van der Waals surface area (Å²) in [4.78, 5) is 4.27. The van der Waals surface area contributed by atoms with Gasteiger partial charge in [0.05, 0.1) is 0 Å². The lowest BCUT2D eigenvalue weighted by atomic mass is 10.1. The third-order valence-corrected chi connectivity index (χ3v) is 4.00. The third-order valence-electron chi connectivity index (χ3n) is 4.00. The summed E-state index contributed by atoms with van der Waals surface area (Å²) in [6.07, 6.45) is -4.29. The first kappa shape index (κ1) is 16.3. The van der Waals surface area contributed by atoms with Gasteiger partial charge in [0, 0.05) is 32.2 Å². The van der Waals surface area contributed by atoms with Gasteiger partial charge in [-0.15, -0.1) is 0 Å². The Morgan fingerprint density at radius 2 is 1.86 bits per heavy atom. The molecular formula is C15H22F3N3. The topological polar surface area (TPSA) is 18.5 Å². The molecule has 1 fully saturated rings. The molecule has 21 heavy (non-hydrogen) atoms. The summed E-state index contributed by atoms with van der Waals surface area (Å²) in [5.74, 6) is 0. The van der Waals surface area contributed by atoms with E-state index in [1.807, 2.05) is 14.1 Å². The fraction of sp³-hybridized carbons (Fsp3) is 0.600. The monoisotopic (exact) mass is 301 g/mol. The highest BCUT2D eigenvalue weighted by molar-refractivity contribution is 5.20. The summed E-state index contributed by atoms with van der Waals surface area (Å²) >= 11 is 0. The molecule has 118 valence electrons. The first-order valence-electron chi connectivity index (χ1n) is 7.12. The molecule has 1 heterocycles. The second-order valence-corrected chi connectivity index (χ2v) is 5.69. The van der Waals surface area contributed by atoms with Crippen LogP contribution in [0.25, 0.3) is 0 Å². The maximum Gasteiger partial charge on any atom is 0.407 e. The molecule has 2 atom stereocenters. The molecule has 1 aliphatic rings. The average molecular weight is 301 g/mol. The molecule has 0 spiro atoms. The molecule has 2 rings (SSSR count). The Morgan fingerprint density at radius 3 is 2.48 bits per heavy atom. The molecule has 6 heteroatoms. The molecule has 0 bridgehead atoms. The van der Waals surface area contributed by atoms with Gasteiger partial charge in [-0.1, -0.05) is 30.3 Å². The molecule has 1 saturated heterocycles. The summed E-state index contributed by atoms with van der Waals surface area (Å²) in [7, 11) is 3.96. The molecule has 0 aromatic heterocycles. The minimum Gasteiger partial charge on any atom is -0.303 e. The lowest BCUT2D eigenvalue weighted by Gasteiger charge is -2.38. The van der Waals surface area contributed by atoms with Crippen molar-refractivity contribution in [2.24, 2.45) is 0 Å². The maximum atomic E-state index is 13.2. The second-order valence-electron chi connectivity index (χ2n) is 5.69. The van der Waals surface area contributed by atoms with E-state index in [2.05, 4.69) is 15.1 Å². The Kier molecular flexibility index (Phi) is 5.24. The van der Waals surface area contributed by atoms with Crippen molar-refractivity contribution in [1.29, 1.82) is 0 Å². The molecule has 0 radical (unpaired) electrons. The van der Waals surface area contributed by atoms with Crippen LogP contribution in [0.5, 0.6) is 0 Å². The van der Waals surface area contributed by atoms with E-state index in [4.69, 9.17) is 0 Å². The van der Waals surface area contributed by atoms with Crippen molar-refractivity contribution in [3.8, 4) is 0 Å². The largest absolute Gasteiger partial charge is 0.407 e. The van der Waals surface area contributed by atoms with Gasteiger partial charge in [0.1, 0.15) is 6.04 Å². The van der Waals surface area contributed by atoms with Crippen molar-refractivity contribution in [2.75, 3.05) is 40.3 Å². The van der Waals surface area contributed by atoms with Gasteiger partial charge >= 0.3 is 6.18 Å². The Hall–Kier alpha value is -1.11. The maximum absolute atomic E-state index is 13.2. The van der Waals surface area contributed by atoms with Crippen molar-refractivity contribution in [3.05, 3.63) is 35.9 Å². The molecular weight excluding hydrogens is 279 g/mol. The van der Waals surface area contributed by atoms with E-state index in [-0.39, 0.29) is 11.6 Å². The van der Waals surface area contributed by atoms with Crippen LogP contribution in [-0.2, 0) is 0 Å². The predicted molar refractivity (Wildman–Crippen MR) is 77.2 cm³/mol. The third kappa shape index (κ3) is 4.43. The first-order chi connectivity index (χ1) is 9.88. The number of piperazine rings is 1. The molecule has 1 aliphatic heterocycles. The SMILES string of the molecule is CN1CCN(C)C(CNC(c2ccccc2)C(F)(F)F)C1. The van der Waals surface area contributed by atoms with E-state index in [9.17, 15) is 13.2 Å². The molecule has 0 amide bonds. The molecule has 3 nitrogen and oxygen atoms in total. The lowest BCUT2D eigenvalue weighted by molar-refractivity contribution is -0.158. The highest BCUT2D eigenvalue weighted by Crippen LogP contribution is 2.32. The number of likely N-dealkylation sites (N-methyl/N-ethyl adjacent to an activating group) is 2. The molecule has 1 aromatic rings. The van der Waals surface area contributed by atoms with Crippen LogP contribution in [0.1, 0.15) is 11.6 Å². The van der Waals surface area contributed by atoms with Gasteiger partial charge in [-0.05, 0) is 19.7 Å². The molecule has 1 N–H and O–H groups in total. The number of hydrogen-bond acceptors (Lipinski definition) is 3. The van der Waals surface area contributed by atoms with Crippen molar-refractivity contribution in [2.45, 2.75) is 18.3 Å². The van der Waals surface area contributed by atoms with Crippen LogP contribution in [0.2, 0.25) is 0 Å². The van der Waals surface area contributed by atoms with Crippen LogP contribution in [0.15, 0.2) is 30.3 Å². The van der Waals surface area contributed by atoms with Gasteiger partial charge in [-0.25, -0.2) is 0 Å². The lowest BCUT2D eigenvalue weighted by Crippen LogP contribution is -2.54. The Balaban J connectivity index is 2.03. The van der Waals surface area contributed by atoms with Crippen LogP contribution in [0.3, 0.4) is 0 Å². The summed E-state index contributed by atoms with van der Waals surface area (Å²) in [6, 6.07) is 6.51. The van der Waals surface area contributed by atoms with Gasteiger partial charge < -0.3 is 10.2 Å². The van der Waals surface area contributed by atoms with E-state index in [0.29, 0.717) is 6.54 Å². The average Bonchev–Trinajstić information content (AvgIpc) is 2.42. The van der Waals surface area contributed by atoms with Gasteiger partial charge in [0.15, 0.2) is 0 Å². The van der Waals surface area contributed by atoms with E-state index in [1.54, 1.807) is 18.2 Å². The normalized spacial score (nSPS) is 23.2. The smallest absolute Gasteiger partial charge is 0.303 e. The van der Waals surface area contributed by atoms with Gasteiger partial charge in [-0.2, -0.15) is 13.2 Å². The molecule has 2 unspecified atom stereocenters. The van der Waals surface area contributed by atoms with Crippen molar-refractivity contribution >= 4 is 0 Å². The fourth-order valence-electron chi connectivity index (χ4n) is 2.64. The van der Waals surface area contributed by atoms with Crippen LogP contribution < -0.4 is 5.32 Å². The summed E-state index contributed by atoms with van der Waals surface area (Å²) < 4.78 is 39.7. The number of nitrogens with zero attached hydrogens (tertiary/aromatic N) is 2. The highest BCUT2D eigenvalue weighted by Gasteiger charge is 2.41. The van der Waals surface area contributed by atoms with E-state index in [1.165, 1.54) is 12.1 Å². The van der Waals surface area contributed by atoms with Crippen LogP contribution in [-0.4, -0.2) is 62.3 Å². The van der Waals surface area contributed by atoms with Crippen LogP contribution >= 0.6 is 0 Å². The number of halogens is 3. The zero-order chi connectivity index (χ0) is 15.5. The summed E-state index contributed by atoms with van der Waals surface area (Å²) in [5.41, 5.74) is 0.261.